The lowest BCUT2D eigenvalue weighted by atomic mass is 10.1. The van der Waals surface area contributed by atoms with E-state index in [1.807, 2.05) is 32.0 Å². The van der Waals surface area contributed by atoms with Gasteiger partial charge in [-0.2, -0.15) is 4.98 Å². The summed E-state index contributed by atoms with van der Waals surface area (Å²) >= 11 is 0. The summed E-state index contributed by atoms with van der Waals surface area (Å²) in [7, 11) is 0. The van der Waals surface area contributed by atoms with Gasteiger partial charge in [-0.25, -0.2) is 9.37 Å². The van der Waals surface area contributed by atoms with Gasteiger partial charge < -0.3 is 10.6 Å². The Morgan fingerprint density at radius 2 is 1.58 bits per heavy atom. The van der Waals surface area contributed by atoms with Crippen molar-refractivity contribution in [3.05, 3.63) is 71.2 Å². The van der Waals surface area contributed by atoms with E-state index in [0.717, 1.165) is 22.6 Å². The SMILES string of the molecule is Cc1ccc(Nc2nc(C)cc(Nc3ccc(F)cc3)n2)c(C)c1. The minimum Gasteiger partial charge on any atom is -0.340 e. The van der Waals surface area contributed by atoms with Crippen LogP contribution in [0.2, 0.25) is 0 Å². The minimum absolute atomic E-state index is 0.267. The van der Waals surface area contributed by atoms with E-state index in [1.54, 1.807) is 12.1 Å². The molecule has 1 heterocycles. The second-order valence-corrected chi connectivity index (χ2v) is 5.79. The predicted octanol–water partition coefficient (Wildman–Crippen LogP) is 5.03. The molecule has 24 heavy (non-hydrogen) atoms. The molecule has 0 aliphatic heterocycles. The highest BCUT2D eigenvalue weighted by Gasteiger charge is 2.05. The molecule has 3 rings (SSSR count). The minimum atomic E-state index is -0.267. The summed E-state index contributed by atoms with van der Waals surface area (Å²) in [6, 6.07) is 14.2. The molecule has 0 saturated heterocycles. The van der Waals surface area contributed by atoms with E-state index in [9.17, 15) is 4.39 Å². The van der Waals surface area contributed by atoms with E-state index >= 15 is 0 Å². The molecule has 4 nitrogen and oxygen atoms in total. The van der Waals surface area contributed by atoms with Crippen molar-refractivity contribution in [2.75, 3.05) is 10.6 Å². The first-order chi connectivity index (χ1) is 11.5. The van der Waals surface area contributed by atoms with Gasteiger partial charge in [-0.1, -0.05) is 17.7 Å². The lowest BCUT2D eigenvalue weighted by Gasteiger charge is -2.12. The molecule has 2 N–H and O–H groups in total. The van der Waals surface area contributed by atoms with E-state index in [4.69, 9.17) is 0 Å². The maximum atomic E-state index is 13.0. The molecule has 5 heteroatoms. The zero-order valence-electron chi connectivity index (χ0n) is 13.9. The molecule has 0 radical (unpaired) electrons. The van der Waals surface area contributed by atoms with Gasteiger partial charge in [0, 0.05) is 23.1 Å². The second-order valence-electron chi connectivity index (χ2n) is 5.79. The van der Waals surface area contributed by atoms with Crippen molar-refractivity contribution in [1.82, 2.24) is 9.97 Å². The van der Waals surface area contributed by atoms with Crippen molar-refractivity contribution in [2.24, 2.45) is 0 Å². The summed E-state index contributed by atoms with van der Waals surface area (Å²) in [4.78, 5) is 8.91. The first-order valence-electron chi connectivity index (χ1n) is 7.72. The van der Waals surface area contributed by atoms with Gasteiger partial charge in [0.2, 0.25) is 5.95 Å². The van der Waals surface area contributed by atoms with E-state index < -0.39 is 0 Å². The summed E-state index contributed by atoms with van der Waals surface area (Å²) in [6.07, 6.45) is 0. The first kappa shape index (κ1) is 15.9. The van der Waals surface area contributed by atoms with E-state index in [-0.39, 0.29) is 5.82 Å². The zero-order valence-corrected chi connectivity index (χ0v) is 13.9. The molecule has 0 amide bonds. The lowest BCUT2D eigenvalue weighted by Crippen LogP contribution is -2.03. The van der Waals surface area contributed by atoms with E-state index in [0.29, 0.717) is 11.8 Å². The lowest BCUT2D eigenvalue weighted by molar-refractivity contribution is 0.628. The number of hydrogen-bond donors (Lipinski definition) is 2. The van der Waals surface area contributed by atoms with Crippen LogP contribution in [0.3, 0.4) is 0 Å². The molecule has 0 unspecified atom stereocenters. The molecular formula is C19H19FN4. The molecule has 0 aliphatic carbocycles. The van der Waals surface area contributed by atoms with Crippen molar-refractivity contribution >= 4 is 23.1 Å². The molecule has 0 bridgehead atoms. The Morgan fingerprint density at radius 3 is 2.29 bits per heavy atom. The van der Waals surface area contributed by atoms with Crippen molar-refractivity contribution < 1.29 is 4.39 Å². The highest BCUT2D eigenvalue weighted by molar-refractivity contribution is 5.62. The number of aryl methyl sites for hydroxylation is 3. The fraction of sp³-hybridized carbons (Fsp3) is 0.158. The van der Waals surface area contributed by atoms with Crippen LogP contribution >= 0.6 is 0 Å². The van der Waals surface area contributed by atoms with Gasteiger partial charge in [0.15, 0.2) is 0 Å². The predicted molar refractivity (Wildman–Crippen MR) is 95.7 cm³/mol. The van der Waals surface area contributed by atoms with Crippen LogP contribution in [0.5, 0.6) is 0 Å². The van der Waals surface area contributed by atoms with Crippen molar-refractivity contribution in [1.29, 1.82) is 0 Å². The van der Waals surface area contributed by atoms with Crippen LogP contribution in [0.1, 0.15) is 16.8 Å². The number of halogens is 1. The Bertz CT molecular complexity index is 860. The Hall–Kier alpha value is -2.95. The smallest absolute Gasteiger partial charge is 0.229 e. The Labute approximate surface area is 140 Å². The third kappa shape index (κ3) is 3.87. The molecule has 1 aromatic heterocycles. The summed E-state index contributed by atoms with van der Waals surface area (Å²) in [5.74, 6) is 0.907. The second kappa shape index (κ2) is 6.66. The fourth-order valence-electron chi connectivity index (χ4n) is 2.44. The summed E-state index contributed by atoms with van der Waals surface area (Å²) < 4.78 is 13.0. The Morgan fingerprint density at radius 1 is 0.833 bits per heavy atom. The highest BCUT2D eigenvalue weighted by atomic mass is 19.1. The third-order valence-corrected chi connectivity index (χ3v) is 3.60. The first-order valence-corrected chi connectivity index (χ1v) is 7.72. The van der Waals surface area contributed by atoms with Crippen molar-refractivity contribution in [2.45, 2.75) is 20.8 Å². The van der Waals surface area contributed by atoms with Crippen LogP contribution in [-0.4, -0.2) is 9.97 Å². The van der Waals surface area contributed by atoms with Gasteiger partial charge in [-0.05, 0) is 56.7 Å². The number of rotatable bonds is 4. The molecule has 2 aromatic carbocycles. The third-order valence-electron chi connectivity index (χ3n) is 3.60. The quantitative estimate of drug-likeness (QED) is 0.707. The van der Waals surface area contributed by atoms with Crippen molar-refractivity contribution in [3.8, 4) is 0 Å². The van der Waals surface area contributed by atoms with Gasteiger partial charge in [0.1, 0.15) is 11.6 Å². The summed E-state index contributed by atoms with van der Waals surface area (Å²) in [5, 5.41) is 6.42. The maximum absolute atomic E-state index is 13.0. The van der Waals surface area contributed by atoms with Crippen LogP contribution in [0.15, 0.2) is 48.5 Å². The highest BCUT2D eigenvalue weighted by Crippen LogP contribution is 2.22. The molecule has 0 fully saturated rings. The topological polar surface area (TPSA) is 49.8 Å². The van der Waals surface area contributed by atoms with Crippen LogP contribution in [0.4, 0.5) is 27.5 Å². The monoisotopic (exact) mass is 322 g/mol. The molecule has 122 valence electrons. The maximum Gasteiger partial charge on any atom is 0.229 e. The Kier molecular flexibility index (Phi) is 4.42. The molecule has 0 aliphatic rings. The van der Waals surface area contributed by atoms with E-state index in [1.165, 1.54) is 17.7 Å². The average Bonchev–Trinajstić information content (AvgIpc) is 2.52. The number of aromatic nitrogens is 2. The molecule has 3 aromatic rings. The number of hydrogen-bond acceptors (Lipinski definition) is 4. The zero-order chi connectivity index (χ0) is 17.1. The fourth-order valence-corrected chi connectivity index (χ4v) is 2.44. The molecule has 0 spiro atoms. The van der Waals surface area contributed by atoms with E-state index in [2.05, 4.69) is 33.6 Å². The molecule has 0 atom stereocenters. The van der Waals surface area contributed by atoms with Crippen LogP contribution < -0.4 is 10.6 Å². The van der Waals surface area contributed by atoms with Gasteiger partial charge >= 0.3 is 0 Å². The van der Waals surface area contributed by atoms with Crippen LogP contribution in [0.25, 0.3) is 0 Å². The molecular weight excluding hydrogens is 303 g/mol. The average molecular weight is 322 g/mol. The number of nitrogens with zero attached hydrogens (tertiary/aromatic N) is 2. The van der Waals surface area contributed by atoms with Gasteiger partial charge in [0.05, 0.1) is 0 Å². The van der Waals surface area contributed by atoms with Gasteiger partial charge in [-0.15, -0.1) is 0 Å². The van der Waals surface area contributed by atoms with Gasteiger partial charge in [-0.3, -0.25) is 0 Å². The number of nitrogens with one attached hydrogen (secondary N) is 2. The van der Waals surface area contributed by atoms with Gasteiger partial charge in [0.25, 0.3) is 0 Å². The summed E-state index contributed by atoms with van der Waals surface area (Å²) in [5.41, 5.74) is 4.92. The summed E-state index contributed by atoms with van der Waals surface area (Å²) in [6.45, 7) is 6.01. The van der Waals surface area contributed by atoms with Crippen LogP contribution in [0, 0.1) is 26.6 Å². The number of anilines is 4. The Balaban J connectivity index is 1.84. The van der Waals surface area contributed by atoms with Crippen LogP contribution in [-0.2, 0) is 0 Å². The largest absolute Gasteiger partial charge is 0.340 e. The number of benzene rings is 2. The standard InChI is InChI=1S/C19H19FN4/c1-12-4-9-17(13(2)10-12)23-19-21-14(3)11-18(24-19)22-16-7-5-15(20)6-8-16/h4-11H,1-3H3,(H2,21,22,23,24). The normalized spacial score (nSPS) is 10.5. The molecule has 0 saturated carbocycles. The van der Waals surface area contributed by atoms with Crippen molar-refractivity contribution in [3.63, 3.8) is 0 Å².